The molecule has 0 aromatic carbocycles. The lowest BCUT2D eigenvalue weighted by atomic mass is 10.4. The molecule has 1 rings (SSSR count). The summed E-state index contributed by atoms with van der Waals surface area (Å²) in [6.45, 7) is 4.34. The van der Waals surface area contributed by atoms with Gasteiger partial charge in [-0.25, -0.2) is 13.8 Å². The Bertz CT molecular complexity index is 318. The van der Waals surface area contributed by atoms with Gasteiger partial charge in [0.05, 0.1) is 6.20 Å². The van der Waals surface area contributed by atoms with Crippen LogP contribution in [0.1, 0.15) is 6.92 Å². The van der Waals surface area contributed by atoms with Crippen molar-refractivity contribution in [3.05, 3.63) is 23.9 Å². The van der Waals surface area contributed by atoms with Crippen molar-refractivity contribution in [1.29, 1.82) is 0 Å². The SMILES string of the molecule is CCN(C)CCNc1ncc(F)cc1F. The Kier molecular flexibility index (Phi) is 4.42. The van der Waals surface area contributed by atoms with Gasteiger partial charge in [-0.2, -0.15) is 0 Å². The summed E-state index contributed by atoms with van der Waals surface area (Å²) in [4.78, 5) is 5.70. The van der Waals surface area contributed by atoms with E-state index in [0.717, 1.165) is 25.4 Å². The van der Waals surface area contributed by atoms with Crippen LogP contribution in [0.25, 0.3) is 0 Å². The summed E-state index contributed by atoms with van der Waals surface area (Å²) in [7, 11) is 1.97. The number of hydrogen-bond acceptors (Lipinski definition) is 3. The van der Waals surface area contributed by atoms with Gasteiger partial charge < -0.3 is 10.2 Å². The minimum Gasteiger partial charge on any atom is -0.366 e. The first-order chi connectivity index (χ1) is 7.13. The van der Waals surface area contributed by atoms with Gasteiger partial charge in [0.2, 0.25) is 0 Å². The fourth-order valence-corrected chi connectivity index (χ4v) is 1.07. The van der Waals surface area contributed by atoms with E-state index in [2.05, 4.69) is 15.2 Å². The Labute approximate surface area is 88.1 Å². The molecule has 0 unspecified atom stereocenters. The quantitative estimate of drug-likeness (QED) is 0.810. The van der Waals surface area contributed by atoms with Gasteiger partial charge in [-0.15, -0.1) is 0 Å². The van der Waals surface area contributed by atoms with E-state index in [4.69, 9.17) is 0 Å². The topological polar surface area (TPSA) is 28.2 Å². The smallest absolute Gasteiger partial charge is 0.168 e. The van der Waals surface area contributed by atoms with Crippen LogP contribution in [0.2, 0.25) is 0 Å². The van der Waals surface area contributed by atoms with Crippen LogP contribution in [0.15, 0.2) is 12.3 Å². The van der Waals surface area contributed by atoms with E-state index in [1.165, 1.54) is 0 Å². The number of rotatable bonds is 5. The van der Waals surface area contributed by atoms with Crippen LogP contribution >= 0.6 is 0 Å². The van der Waals surface area contributed by atoms with Gasteiger partial charge in [0, 0.05) is 19.2 Å². The monoisotopic (exact) mass is 215 g/mol. The zero-order valence-corrected chi connectivity index (χ0v) is 8.93. The second-order valence-corrected chi connectivity index (χ2v) is 3.31. The van der Waals surface area contributed by atoms with E-state index in [1.54, 1.807) is 0 Å². The molecule has 1 heterocycles. The van der Waals surface area contributed by atoms with E-state index in [0.29, 0.717) is 6.54 Å². The predicted molar refractivity (Wildman–Crippen MR) is 55.8 cm³/mol. The average Bonchev–Trinajstić information content (AvgIpc) is 2.21. The molecule has 0 atom stereocenters. The van der Waals surface area contributed by atoms with Crippen LogP contribution in [-0.4, -0.2) is 36.6 Å². The number of aromatic nitrogens is 1. The van der Waals surface area contributed by atoms with Crippen LogP contribution in [0.3, 0.4) is 0 Å². The van der Waals surface area contributed by atoms with Gasteiger partial charge in [0.25, 0.3) is 0 Å². The zero-order valence-electron chi connectivity index (χ0n) is 8.93. The largest absolute Gasteiger partial charge is 0.366 e. The number of pyridine rings is 1. The molecule has 5 heteroatoms. The third-order valence-electron chi connectivity index (χ3n) is 2.13. The van der Waals surface area contributed by atoms with E-state index in [-0.39, 0.29) is 5.82 Å². The van der Waals surface area contributed by atoms with Crippen LogP contribution < -0.4 is 5.32 Å². The maximum absolute atomic E-state index is 13.1. The minimum absolute atomic E-state index is 0.0981. The lowest BCUT2D eigenvalue weighted by Crippen LogP contribution is -2.25. The molecule has 1 N–H and O–H groups in total. The van der Waals surface area contributed by atoms with Crippen molar-refractivity contribution >= 4 is 5.82 Å². The summed E-state index contributed by atoms with van der Waals surface area (Å²) in [5.41, 5.74) is 0. The first-order valence-corrected chi connectivity index (χ1v) is 4.87. The van der Waals surface area contributed by atoms with Gasteiger partial charge in [0.1, 0.15) is 5.82 Å². The zero-order chi connectivity index (χ0) is 11.3. The van der Waals surface area contributed by atoms with Crippen molar-refractivity contribution in [1.82, 2.24) is 9.88 Å². The molecule has 0 aliphatic carbocycles. The second-order valence-electron chi connectivity index (χ2n) is 3.31. The van der Waals surface area contributed by atoms with E-state index < -0.39 is 11.6 Å². The highest BCUT2D eigenvalue weighted by atomic mass is 19.1. The summed E-state index contributed by atoms with van der Waals surface area (Å²) in [5.74, 6) is -1.22. The molecule has 1 aromatic rings. The molecule has 3 nitrogen and oxygen atoms in total. The Morgan fingerprint density at radius 2 is 2.20 bits per heavy atom. The molecule has 0 saturated heterocycles. The van der Waals surface area contributed by atoms with Gasteiger partial charge in [-0.1, -0.05) is 6.92 Å². The normalized spacial score (nSPS) is 10.7. The summed E-state index contributed by atoms with van der Waals surface area (Å²) < 4.78 is 25.6. The molecule has 0 bridgehead atoms. The Morgan fingerprint density at radius 3 is 2.80 bits per heavy atom. The molecule has 0 aliphatic rings. The highest BCUT2D eigenvalue weighted by Gasteiger charge is 2.04. The van der Waals surface area contributed by atoms with E-state index >= 15 is 0 Å². The fraction of sp³-hybridized carbons (Fsp3) is 0.500. The average molecular weight is 215 g/mol. The van der Waals surface area contributed by atoms with Crippen LogP contribution in [-0.2, 0) is 0 Å². The lowest BCUT2D eigenvalue weighted by Gasteiger charge is -2.14. The molecule has 0 amide bonds. The maximum atomic E-state index is 13.1. The number of halogens is 2. The van der Waals surface area contributed by atoms with E-state index in [1.807, 2.05) is 14.0 Å². The first kappa shape index (κ1) is 11.8. The molecule has 15 heavy (non-hydrogen) atoms. The highest BCUT2D eigenvalue weighted by Crippen LogP contribution is 2.10. The van der Waals surface area contributed by atoms with Gasteiger partial charge >= 0.3 is 0 Å². The molecule has 0 spiro atoms. The Morgan fingerprint density at radius 1 is 1.47 bits per heavy atom. The summed E-state index contributed by atoms with van der Waals surface area (Å²) >= 11 is 0. The van der Waals surface area contributed by atoms with Crippen LogP contribution in [0, 0.1) is 11.6 Å². The molecule has 84 valence electrons. The van der Waals surface area contributed by atoms with Crippen LogP contribution in [0.5, 0.6) is 0 Å². The highest BCUT2D eigenvalue weighted by molar-refractivity contribution is 5.35. The number of anilines is 1. The van der Waals surface area contributed by atoms with Crippen molar-refractivity contribution in [3.63, 3.8) is 0 Å². The summed E-state index contributed by atoms with van der Waals surface area (Å²) in [6, 6.07) is 0.818. The van der Waals surface area contributed by atoms with Gasteiger partial charge in [0.15, 0.2) is 11.6 Å². The van der Waals surface area contributed by atoms with Crippen molar-refractivity contribution in [3.8, 4) is 0 Å². The molecule has 0 aliphatic heterocycles. The van der Waals surface area contributed by atoms with Gasteiger partial charge in [-0.3, -0.25) is 0 Å². The molecule has 0 fully saturated rings. The summed E-state index contributed by atoms with van der Waals surface area (Å²) in [6.07, 6.45) is 0.995. The summed E-state index contributed by atoms with van der Waals surface area (Å²) in [5, 5.41) is 2.81. The standard InChI is InChI=1S/C10H15F2N3/c1-3-15(2)5-4-13-10-9(12)6-8(11)7-14-10/h6-7H,3-5H2,1-2H3,(H,13,14). The number of hydrogen-bond donors (Lipinski definition) is 1. The lowest BCUT2D eigenvalue weighted by molar-refractivity contribution is 0.366. The van der Waals surface area contributed by atoms with Crippen molar-refractivity contribution < 1.29 is 8.78 Å². The molecule has 0 saturated carbocycles. The van der Waals surface area contributed by atoms with Gasteiger partial charge in [-0.05, 0) is 13.6 Å². The maximum Gasteiger partial charge on any atom is 0.168 e. The van der Waals surface area contributed by atoms with Crippen molar-refractivity contribution in [2.45, 2.75) is 6.92 Å². The Balaban J connectivity index is 2.44. The first-order valence-electron chi connectivity index (χ1n) is 4.87. The van der Waals surface area contributed by atoms with Crippen LogP contribution in [0.4, 0.5) is 14.6 Å². The number of likely N-dealkylation sites (N-methyl/N-ethyl adjacent to an activating group) is 1. The molecular weight excluding hydrogens is 200 g/mol. The number of nitrogens with one attached hydrogen (secondary N) is 1. The fourth-order valence-electron chi connectivity index (χ4n) is 1.07. The number of nitrogens with zero attached hydrogens (tertiary/aromatic N) is 2. The predicted octanol–water partition coefficient (Wildman–Crippen LogP) is 1.72. The van der Waals surface area contributed by atoms with Crippen molar-refractivity contribution in [2.24, 2.45) is 0 Å². The molecule has 1 aromatic heterocycles. The van der Waals surface area contributed by atoms with E-state index in [9.17, 15) is 8.78 Å². The molecular formula is C10H15F2N3. The second kappa shape index (κ2) is 5.60. The third-order valence-corrected chi connectivity index (χ3v) is 2.13. The Hall–Kier alpha value is -1.23. The third kappa shape index (κ3) is 3.79. The van der Waals surface area contributed by atoms with Crippen molar-refractivity contribution in [2.75, 3.05) is 32.0 Å². The molecule has 0 radical (unpaired) electrons. The minimum atomic E-state index is -0.663.